The first-order chi connectivity index (χ1) is 8.72. The third-order valence-corrected chi connectivity index (χ3v) is 3.69. The molecule has 0 aromatic carbocycles. The zero-order chi connectivity index (χ0) is 13.0. The zero-order valence-electron chi connectivity index (χ0n) is 9.26. The van der Waals surface area contributed by atoms with E-state index in [0.29, 0.717) is 16.7 Å². The molecular weight excluding hydrogens is 316 g/mol. The van der Waals surface area contributed by atoms with Gasteiger partial charge in [0.05, 0.1) is 18.4 Å². The van der Waals surface area contributed by atoms with Crippen molar-refractivity contribution in [1.82, 2.24) is 14.8 Å². The largest absolute Gasteiger partial charge is 0.376 e. The van der Waals surface area contributed by atoms with E-state index in [9.17, 15) is 4.79 Å². The Morgan fingerprint density at radius 2 is 2.44 bits per heavy atom. The molecule has 0 saturated heterocycles. The van der Waals surface area contributed by atoms with Gasteiger partial charge in [-0.1, -0.05) is 5.92 Å². The SMILES string of the molecule is C#CCn1ncc(NCc2nccs2)c(Br)c1=O. The molecule has 0 atom stereocenters. The maximum Gasteiger partial charge on any atom is 0.284 e. The first-order valence-corrected chi connectivity index (χ1v) is 6.71. The van der Waals surface area contributed by atoms with Gasteiger partial charge in [-0.3, -0.25) is 4.79 Å². The Bertz CT molecular complexity index is 629. The smallest absolute Gasteiger partial charge is 0.284 e. The summed E-state index contributed by atoms with van der Waals surface area (Å²) in [6.07, 6.45) is 8.45. The standard InChI is InChI=1S/C11H9BrN4OS/c1-2-4-16-11(17)10(12)8(6-15-16)14-7-9-13-3-5-18-9/h1,3,5-6,14H,4,7H2. The Morgan fingerprint density at radius 3 is 3.11 bits per heavy atom. The number of terminal acetylenes is 1. The summed E-state index contributed by atoms with van der Waals surface area (Å²) >= 11 is 4.79. The van der Waals surface area contributed by atoms with Crippen LogP contribution in [0, 0.1) is 12.3 Å². The Kier molecular flexibility index (Phi) is 4.12. The second kappa shape index (κ2) is 5.80. The molecule has 0 spiro atoms. The van der Waals surface area contributed by atoms with Gasteiger partial charge >= 0.3 is 0 Å². The van der Waals surface area contributed by atoms with Crippen LogP contribution < -0.4 is 10.9 Å². The highest BCUT2D eigenvalue weighted by molar-refractivity contribution is 9.10. The van der Waals surface area contributed by atoms with Gasteiger partial charge < -0.3 is 5.32 Å². The van der Waals surface area contributed by atoms with Crippen LogP contribution in [0.25, 0.3) is 0 Å². The third kappa shape index (κ3) is 2.78. The van der Waals surface area contributed by atoms with Crippen molar-refractivity contribution in [2.45, 2.75) is 13.1 Å². The molecule has 92 valence electrons. The van der Waals surface area contributed by atoms with Crippen molar-refractivity contribution >= 4 is 33.0 Å². The van der Waals surface area contributed by atoms with Crippen LogP contribution in [0.3, 0.4) is 0 Å². The Hall–Kier alpha value is -1.65. The van der Waals surface area contributed by atoms with E-state index in [0.717, 1.165) is 5.01 Å². The summed E-state index contributed by atoms with van der Waals surface area (Å²) in [4.78, 5) is 16.0. The molecule has 0 bridgehead atoms. The van der Waals surface area contributed by atoms with Crippen molar-refractivity contribution in [2.75, 3.05) is 5.32 Å². The minimum Gasteiger partial charge on any atom is -0.376 e. The number of nitrogens with one attached hydrogen (secondary N) is 1. The Balaban J connectivity index is 2.17. The molecule has 0 saturated carbocycles. The van der Waals surface area contributed by atoms with Crippen LogP contribution in [0.5, 0.6) is 0 Å². The van der Waals surface area contributed by atoms with E-state index < -0.39 is 0 Å². The summed E-state index contributed by atoms with van der Waals surface area (Å²) < 4.78 is 1.64. The normalized spacial score (nSPS) is 10.0. The van der Waals surface area contributed by atoms with Crippen molar-refractivity contribution in [1.29, 1.82) is 0 Å². The van der Waals surface area contributed by atoms with Crippen molar-refractivity contribution in [2.24, 2.45) is 0 Å². The molecule has 0 aliphatic carbocycles. The van der Waals surface area contributed by atoms with E-state index in [1.807, 2.05) is 5.38 Å². The quantitative estimate of drug-likeness (QED) is 0.870. The molecular formula is C11H9BrN4OS. The number of thiazole rings is 1. The van der Waals surface area contributed by atoms with Crippen LogP contribution in [0.4, 0.5) is 5.69 Å². The fourth-order valence-corrected chi connectivity index (χ4v) is 2.30. The molecule has 0 aliphatic heterocycles. The average molecular weight is 325 g/mol. The molecule has 0 aliphatic rings. The van der Waals surface area contributed by atoms with Crippen molar-refractivity contribution in [3.8, 4) is 12.3 Å². The van der Waals surface area contributed by atoms with E-state index in [2.05, 4.69) is 37.2 Å². The topological polar surface area (TPSA) is 59.8 Å². The first-order valence-electron chi connectivity index (χ1n) is 5.03. The lowest BCUT2D eigenvalue weighted by molar-refractivity contribution is 0.659. The lowest BCUT2D eigenvalue weighted by atomic mass is 10.4. The van der Waals surface area contributed by atoms with Crippen LogP contribution in [0.15, 0.2) is 27.0 Å². The number of halogens is 1. The van der Waals surface area contributed by atoms with Crippen LogP contribution in [-0.4, -0.2) is 14.8 Å². The van der Waals surface area contributed by atoms with Gasteiger partial charge in [-0.05, 0) is 15.9 Å². The molecule has 2 aromatic heterocycles. The van der Waals surface area contributed by atoms with Gasteiger partial charge in [-0.15, -0.1) is 17.8 Å². The fraction of sp³-hybridized carbons (Fsp3) is 0.182. The van der Waals surface area contributed by atoms with Crippen molar-refractivity contribution in [3.63, 3.8) is 0 Å². The van der Waals surface area contributed by atoms with Gasteiger partial charge in [0.15, 0.2) is 0 Å². The molecule has 0 fully saturated rings. The molecule has 0 unspecified atom stereocenters. The zero-order valence-corrected chi connectivity index (χ0v) is 11.7. The summed E-state index contributed by atoms with van der Waals surface area (Å²) in [6, 6.07) is 0. The molecule has 2 heterocycles. The highest BCUT2D eigenvalue weighted by Crippen LogP contribution is 2.17. The summed E-state index contributed by atoms with van der Waals surface area (Å²) in [5.41, 5.74) is 0.376. The summed E-state index contributed by atoms with van der Waals surface area (Å²) in [7, 11) is 0. The Labute approximate surface area is 116 Å². The van der Waals surface area contributed by atoms with Crippen molar-refractivity contribution < 1.29 is 0 Å². The van der Waals surface area contributed by atoms with Gasteiger partial charge in [-0.2, -0.15) is 5.10 Å². The molecule has 7 heteroatoms. The highest BCUT2D eigenvalue weighted by Gasteiger charge is 2.08. The molecule has 2 rings (SSSR count). The van der Waals surface area contributed by atoms with Crippen LogP contribution in [-0.2, 0) is 13.1 Å². The molecule has 0 amide bonds. The number of hydrogen-bond donors (Lipinski definition) is 1. The predicted molar refractivity (Wildman–Crippen MR) is 74.5 cm³/mol. The van der Waals surface area contributed by atoms with Crippen LogP contribution in [0.2, 0.25) is 0 Å². The van der Waals surface area contributed by atoms with Crippen LogP contribution >= 0.6 is 27.3 Å². The maximum absolute atomic E-state index is 11.8. The van der Waals surface area contributed by atoms with Crippen LogP contribution in [0.1, 0.15) is 5.01 Å². The summed E-state index contributed by atoms with van der Waals surface area (Å²) in [5.74, 6) is 2.38. The van der Waals surface area contributed by atoms with Gasteiger partial charge in [0.1, 0.15) is 16.0 Å². The number of hydrogen-bond acceptors (Lipinski definition) is 5. The molecule has 5 nitrogen and oxygen atoms in total. The van der Waals surface area contributed by atoms with Gasteiger partial charge in [-0.25, -0.2) is 9.67 Å². The third-order valence-electron chi connectivity index (χ3n) is 2.14. The molecule has 1 N–H and O–H groups in total. The lowest BCUT2D eigenvalue weighted by Crippen LogP contribution is -2.24. The lowest BCUT2D eigenvalue weighted by Gasteiger charge is -2.07. The van der Waals surface area contributed by atoms with Gasteiger partial charge in [0.2, 0.25) is 0 Å². The van der Waals surface area contributed by atoms with E-state index in [1.165, 1.54) is 4.68 Å². The van der Waals surface area contributed by atoms with E-state index in [-0.39, 0.29) is 12.1 Å². The number of nitrogens with zero attached hydrogens (tertiary/aromatic N) is 3. The molecule has 18 heavy (non-hydrogen) atoms. The second-order valence-corrected chi connectivity index (χ2v) is 5.09. The summed E-state index contributed by atoms with van der Waals surface area (Å²) in [5, 5.41) is 9.92. The highest BCUT2D eigenvalue weighted by atomic mass is 79.9. The van der Waals surface area contributed by atoms with Gasteiger partial charge in [0.25, 0.3) is 5.56 Å². The number of aromatic nitrogens is 3. The van der Waals surface area contributed by atoms with Crippen molar-refractivity contribution in [3.05, 3.63) is 37.6 Å². The summed E-state index contributed by atoms with van der Waals surface area (Å²) in [6.45, 7) is 0.709. The average Bonchev–Trinajstić information content (AvgIpc) is 2.87. The molecule has 2 aromatic rings. The minimum absolute atomic E-state index is 0.157. The first kappa shape index (κ1) is 12.8. The number of anilines is 1. The van der Waals surface area contributed by atoms with E-state index in [1.54, 1.807) is 23.7 Å². The second-order valence-electron chi connectivity index (χ2n) is 3.32. The van der Waals surface area contributed by atoms with E-state index in [4.69, 9.17) is 6.42 Å². The fourth-order valence-electron chi connectivity index (χ4n) is 1.30. The maximum atomic E-state index is 11.8. The number of rotatable bonds is 4. The molecule has 0 radical (unpaired) electrons. The monoisotopic (exact) mass is 324 g/mol. The van der Waals surface area contributed by atoms with Gasteiger partial charge in [0, 0.05) is 11.6 Å². The predicted octanol–water partition coefficient (Wildman–Crippen LogP) is 1.71. The minimum atomic E-state index is -0.253. The van der Waals surface area contributed by atoms with E-state index >= 15 is 0 Å². The Morgan fingerprint density at radius 1 is 1.61 bits per heavy atom.